The van der Waals surface area contributed by atoms with Crippen LogP contribution in [0.25, 0.3) is 0 Å². The van der Waals surface area contributed by atoms with E-state index in [2.05, 4.69) is 48.3 Å². The summed E-state index contributed by atoms with van der Waals surface area (Å²) in [5.74, 6) is 2.57. The van der Waals surface area contributed by atoms with Crippen LogP contribution >= 0.6 is 0 Å². The minimum Gasteiger partial charge on any atom is -0.461 e. The van der Waals surface area contributed by atoms with Gasteiger partial charge in [-0.05, 0) is 37.6 Å². The molecular weight excluding hydrogens is 324 g/mol. The second-order valence-electron chi connectivity index (χ2n) is 6.97. The summed E-state index contributed by atoms with van der Waals surface area (Å²) in [4.78, 5) is 0. The highest BCUT2D eigenvalue weighted by atomic mass is 16.5. The maximum Gasteiger partial charge on any atom is 0.246 e. The van der Waals surface area contributed by atoms with Gasteiger partial charge in [0.2, 0.25) is 6.23 Å². The number of aryl methyl sites for hydroxylation is 2. The zero-order valence-electron chi connectivity index (χ0n) is 14.8. The molecular formula is C22H20N2O2. The zero-order chi connectivity index (χ0) is 17.7. The van der Waals surface area contributed by atoms with Crippen LogP contribution in [0.3, 0.4) is 0 Å². The van der Waals surface area contributed by atoms with Crippen LogP contribution in [-0.2, 0) is 0 Å². The Morgan fingerprint density at radius 3 is 2.54 bits per heavy atom. The number of furan rings is 1. The Morgan fingerprint density at radius 1 is 0.962 bits per heavy atom. The first-order valence-corrected chi connectivity index (χ1v) is 8.94. The van der Waals surface area contributed by atoms with Crippen molar-refractivity contribution in [3.8, 4) is 5.75 Å². The summed E-state index contributed by atoms with van der Waals surface area (Å²) in [6, 6.07) is 20.9. The van der Waals surface area contributed by atoms with E-state index in [9.17, 15) is 0 Å². The fourth-order valence-corrected chi connectivity index (χ4v) is 3.73. The largest absolute Gasteiger partial charge is 0.461 e. The van der Waals surface area contributed by atoms with Crippen LogP contribution in [0.5, 0.6) is 5.75 Å². The highest BCUT2D eigenvalue weighted by Gasteiger charge is 2.42. The van der Waals surface area contributed by atoms with Gasteiger partial charge >= 0.3 is 0 Å². The number of rotatable bonds is 2. The highest BCUT2D eigenvalue weighted by Crippen LogP contribution is 2.47. The van der Waals surface area contributed by atoms with Crippen LogP contribution in [0.15, 0.2) is 70.2 Å². The molecule has 2 aromatic carbocycles. The Kier molecular flexibility index (Phi) is 3.38. The molecule has 0 fully saturated rings. The van der Waals surface area contributed by atoms with Gasteiger partial charge in [-0.15, -0.1) is 0 Å². The van der Waals surface area contributed by atoms with Gasteiger partial charge in [-0.1, -0.05) is 48.0 Å². The van der Waals surface area contributed by atoms with Gasteiger partial charge in [-0.2, -0.15) is 5.10 Å². The SMILES string of the molecule is Cc1ccc(C2=NN3[C@H](C2)c2ccccc2O[C@@H]3c2ccc(C)o2)cc1. The number of hydrogen-bond acceptors (Lipinski definition) is 4. The number of ether oxygens (including phenoxy) is 1. The van der Waals surface area contributed by atoms with Gasteiger partial charge < -0.3 is 9.15 Å². The van der Waals surface area contributed by atoms with E-state index < -0.39 is 0 Å². The van der Waals surface area contributed by atoms with Crippen LogP contribution in [0.1, 0.15) is 46.9 Å². The molecule has 0 radical (unpaired) electrons. The summed E-state index contributed by atoms with van der Waals surface area (Å²) in [7, 11) is 0. The second kappa shape index (κ2) is 5.77. The van der Waals surface area contributed by atoms with Crippen molar-refractivity contribution in [1.29, 1.82) is 0 Å². The first-order chi connectivity index (χ1) is 12.7. The van der Waals surface area contributed by atoms with E-state index in [4.69, 9.17) is 14.3 Å². The molecule has 4 heteroatoms. The second-order valence-corrected chi connectivity index (χ2v) is 6.97. The van der Waals surface area contributed by atoms with Crippen LogP contribution in [0, 0.1) is 13.8 Å². The van der Waals surface area contributed by atoms with Crippen molar-refractivity contribution in [2.75, 3.05) is 0 Å². The predicted octanol–water partition coefficient (Wildman–Crippen LogP) is 5.14. The maximum atomic E-state index is 6.27. The normalized spacial score (nSPS) is 21.0. The molecule has 130 valence electrons. The van der Waals surface area contributed by atoms with Crippen molar-refractivity contribution in [3.05, 3.63) is 88.9 Å². The lowest BCUT2D eigenvalue weighted by Gasteiger charge is -2.36. The molecule has 2 aliphatic rings. The van der Waals surface area contributed by atoms with E-state index in [0.717, 1.165) is 35.0 Å². The molecule has 0 amide bonds. The molecule has 26 heavy (non-hydrogen) atoms. The van der Waals surface area contributed by atoms with Gasteiger partial charge in [0.1, 0.15) is 11.5 Å². The molecule has 0 N–H and O–H groups in total. The third-order valence-electron chi connectivity index (χ3n) is 5.09. The van der Waals surface area contributed by atoms with Gasteiger partial charge in [0, 0.05) is 12.0 Å². The number of fused-ring (bicyclic) bond motifs is 3. The van der Waals surface area contributed by atoms with E-state index in [1.807, 2.05) is 31.2 Å². The Labute approximate surface area is 152 Å². The van der Waals surface area contributed by atoms with Crippen molar-refractivity contribution < 1.29 is 9.15 Å². The lowest BCUT2D eigenvalue weighted by molar-refractivity contribution is -0.0329. The molecule has 0 spiro atoms. The van der Waals surface area contributed by atoms with E-state index in [0.29, 0.717) is 0 Å². The van der Waals surface area contributed by atoms with Gasteiger partial charge in [0.15, 0.2) is 5.76 Å². The summed E-state index contributed by atoms with van der Waals surface area (Å²) in [6.07, 6.45) is 0.520. The van der Waals surface area contributed by atoms with Gasteiger partial charge in [0.05, 0.1) is 11.8 Å². The molecule has 3 aromatic rings. The van der Waals surface area contributed by atoms with Gasteiger partial charge in [-0.3, -0.25) is 0 Å². The number of benzene rings is 2. The summed E-state index contributed by atoms with van der Waals surface area (Å²) in [5, 5.41) is 6.99. The van der Waals surface area contributed by atoms with Crippen LogP contribution < -0.4 is 4.74 Å². The fourth-order valence-electron chi connectivity index (χ4n) is 3.73. The third kappa shape index (κ3) is 2.41. The lowest BCUT2D eigenvalue weighted by Crippen LogP contribution is -2.33. The monoisotopic (exact) mass is 344 g/mol. The van der Waals surface area contributed by atoms with Gasteiger partial charge in [-0.25, -0.2) is 5.01 Å². The zero-order valence-corrected chi connectivity index (χ0v) is 14.8. The molecule has 2 atom stereocenters. The topological polar surface area (TPSA) is 38.0 Å². The minimum atomic E-state index is -0.341. The molecule has 0 saturated carbocycles. The number of hydrazone groups is 1. The lowest BCUT2D eigenvalue weighted by atomic mass is 9.96. The molecule has 4 nitrogen and oxygen atoms in total. The van der Waals surface area contributed by atoms with Crippen molar-refractivity contribution in [2.24, 2.45) is 5.10 Å². The molecule has 0 unspecified atom stereocenters. The van der Waals surface area contributed by atoms with Crippen molar-refractivity contribution >= 4 is 5.71 Å². The Balaban J connectivity index is 1.59. The quantitative estimate of drug-likeness (QED) is 0.646. The number of nitrogens with zero attached hydrogens (tertiary/aromatic N) is 2. The standard InChI is InChI=1S/C22H20N2O2/c1-14-7-10-16(11-8-14)18-13-19-17-5-3-4-6-20(17)26-22(24(19)23-18)21-12-9-15(2)25-21/h3-12,19,22H,13H2,1-2H3/t19-,22-/m1/s1. The highest BCUT2D eigenvalue weighted by molar-refractivity contribution is 6.02. The van der Waals surface area contributed by atoms with Crippen LogP contribution in [0.4, 0.5) is 0 Å². The van der Waals surface area contributed by atoms with Crippen molar-refractivity contribution in [3.63, 3.8) is 0 Å². The third-order valence-corrected chi connectivity index (χ3v) is 5.09. The minimum absolute atomic E-state index is 0.159. The number of para-hydroxylation sites is 1. The average Bonchev–Trinajstić information content (AvgIpc) is 3.28. The van der Waals surface area contributed by atoms with Crippen molar-refractivity contribution in [1.82, 2.24) is 5.01 Å². The Hall–Kier alpha value is -3.01. The first-order valence-electron chi connectivity index (χ1n) is 8.94. The molecule has 5 rings (SSSR count). The molecule has 2 aliphatic heterocycles. The summed E-state index contributed by atoms with van der Waals surface area (Å²) in [6.45, 7) is 4.05. The summed E-state index contributed by atoms with van der Waals surface area (Å²) < 4.78 is 12.1. The molecule has 3 heterocycles. The first kappa shape index (κ1) is 15.3. The van der Waals surface area contributed by atoms with Crippen molar-refractivity contribution in [2.45, 2.75) is 32.5 Å². The van der Waals surface area contributed by atoms with E-state index >= 15 is 0 Å². The summed E-state index contributed by atoms with van der Waals surface area (Å²) in [5.41, 5.74) is 4.68. The van der Waals surface area contributed by atoms with E-state index in [1.165, 1.54) is 11.1 Å². The molecule has 0 bridgehead atoms. The Morgan fingerprint density at radius 2 is 1.77 bits per heavy atom. The summed E-state index contributed by atoms with van der Waals surface area (Å²) >= 11 is 0. The van der Waals surface area contributed by atoms with E-state index in [1.54, 1.807) is 0 Å². The average molecular weight is 344 g/mol. The fraction of sp³-hybridized carbons (Fsp3) is 0.227. The van der Waals surface area contributed by atoms with Crippen LogP contribution in [-0.4, -0.2) is 10.7 Å². The molecule has 0 aliphatic carbocycles. The Bertz CT molecular complexity index is 987. The molecule has 1 aromatic heterocycles. The maximum absolute atomic E-state index is 6.27. The number of hydrogen-bond donors (Lipinski definition) is 0. The smallest absolute Gasteiger partial charge is 0.246 e. The van der Waals surface area contributed by atoms with Crippen LogP contribution in [0.2, 0.25) is 0 Å². The predicted molar refractivity (Wildman–Crippen MR) is 100 cm³/mol. The van der Waals surface area contributed by atoms with Gasteiger partial charge in [0.25, 0.3) is 0 Å². The van der Waals surface area contributed by atoms with E-state index in [-0.39, 0.29) is 12.3 Å². The molecule has 0 saturated heterocycles.